The van der Waals surface area contributed by atoms with Gasteiger partial charge in [-0.15, -0.1) is 0 Å². The van der Waals surface area contributed by atoms with Crippen LogP contribution in [0.15, 0.2) is 23.0 Å². The first-order valence-corrected chi connectivity index (χ1v) is 7.97. The third-order valence-corrected chi connectivity index (χ3v) is 4.32. The Morgan fingerprint density at radius 2 is 2.25 bits per heavy atom. The summed E-state index contributed by atoms with van der Waals surface area (Å²) in [5.41, 5.74) is 0.254. The Morgan fingerprint density at radius 3 is 2.92 bits per heavy atom. The van der Waals surface area contributed by atoms with Crippen LogP contribution in [-0.4, -0.2) is 22.1 Å². The lowest BCUT2D eigenvalue weighted by Crippen LogP contribution is -2.29. The minimum atomic E-state index is -0.554. The molecule has 0 saturated heterocycles. The van der Waals surface area contributed by atoms with Crippen molar-refractivity contribution in [3.05, 3.63) is 40.1 Å². The first-order valence-electron chi connectivity index (χ1n) is 7.97. The molecule has 1 saturated carbocycles. The Hall–Kier alpha value is -2.57. The van der Waals surface area contributed by atoms with Crippen LogP contribution in [0.25, 0.3) is 10.8 Å². The van der Waals surface area contributed by atoms with Crippen LogP contribution in [0, 0.1) is 5.82 Å². The van der Waals surface area contributed by atoms with Crippen molar-refractivity contribution in [2.24, 2.45) is 0 Å². The summed E-state index contributed by atoms with van der Waals surface area (Å²) in [4.78, 5) is 34.3. The zero-order valence-corrected chi connectivity index (χ0v) is 13.3. The van der Waals surface area contributed by atoms with E-state index in [4.69, 9.17) is 0 Å². The van der Waals surface area contributed by atoms with E-state index in [-0.39, 0.29) is 23.8 Å². The number of benzene rings is 1. The Balaban J connectivity index is 2.00. The average molecular weight is 331 g/mol. The number of rotatable bonds is 6. The van der Waals surface area contributed by atoms with E-state index in [9.17, 15) is 18.8 Å². The molecule has 6 nitrogen and oxygen atoms in total. The van der Waals surface area contributed by atoms with Gasteiger partial charge in [-0.25, -0.2) is 9.07 Å². The van der Waals surface area contributed by atoms with Gasteiger partial charge in [-0.2, -0.15) is 5.10 Å². The monoisotopic (exact) mass is 331 g/mol. The molecule has 1 aromatic heterocycles. The molecule has 0 radical (unpaired) electrons. The number of fused-ring (bicyclic) bond motifs is 1. The molecule has 1 N–H and O–H groups in total. The van der Waals surface area contributed by atoms with E-state index in [0.29, 0.717) is 18.2 Å². The number of imide groups is 1. The maximum absolute atomic E-state index is 14.2. The van der Waals surface area contributed by atoms with Gasteiger partial charge in [0, 0.05) is 17.7 Å². The number of carbonyl (C=O) groups excluding carboxylic acids is 2. The summed E-state index contributed by atoms with van der Waals surface area (Å²) in [5.74, 6) is -0.715. The van der Waals surface area contributed by atoms with Crippen LogP contribution in [0.1, 0.15) is 50.3 Å². The molecule has 0 spiro atoms. The lowest BCUT2D eigenvalue weighted by atomic mass is 10.1. The summed E-state index contributed by atoms with van der Waals surface area (Å²) in [6.45, 7) is 1.76. The molecule has 3 rings (SSSR count). The molecule has 1 unspecified atom stereocenters. The summed E-state index contributed by atoms with van der Waals surface area (Å²) in [6.07, 6.45) is 2.70. The fourth-order valence-corrected chi connectivity index (χ4v) is 2.84. The molecule has 1 aliphatic carbocycles. The zero-order chi connectivity index (χ0) is 17.3. The largest absolute Gasteiger partial charge is 0.299 e. The SMILES string of the molecule is CC(CCC(=O)NC=O)n1nc(C2CC2)c2cccc(F)c2c1=O. The first kappa shape index (κ1) is 16.3. The van der Waals surface area contributed by atoms with E-state index in [2.05, 4.69) is 10.4 Å². The van der Waals surface area contributed by atoms with Crippen molar-refractivity contribution in [2.75, 3.05) is 0 Å². The number of aromatic nitrogens is 2. The average Bonchev–Trinajstić information content (AvgIpc) is 3.38. The highest BCUT2D eigenvalue weighted by molar-refractivity contribution is 5.86. The van der Waals surface area contributed by atoms with E-state index >= 15 is 0 Å². The lowest BCUT2D eigenvalue weighted by molar-refractivity contribution is -0.125. The van der Waals surface area contributed by atoms with Gasteiger partial charge in [0.05, 0.1) is 17.1 Å². The van der Waals surface area contributed by atoms with Crippen LogP contribution in [0.3, 0.4) is 0 Å². The Labute approximate surface area is 137 Å². The molecule has 1 fully saturated rings. The molecule has 2 amide bonds. The number of nitrogens with zero attached hydrogens (tertiary/aromatic N) is 2. The number of halogens is 1. The first-order chi connectivity index (χ1) is 11.5. The second kappa shape index (κ2) is 6.51. The van der Waals surface area contributed by atoms with Crippen LogP contribution < -0.4 is 10.9 Å². The van der Waals surface area contributed by atoms with Crippen molar-refractivity contribution in [1.82, 2.24) is 15.1 Å². The highest BCUT2D eigenvalue weighted by Gasteiger charge is 2.29. The molecular formula is C17H18FN3O3. The second-order valence-electron chi connectivity index (χ2n) is 6.14. The highest BCUT2D eigenvalue weighted by atomic mass is 19.1. The van der Waals surface area contributed by atoms with Gasteiger partial charge in [-0.1, -0.05) is 12.1 Å². The third-order valence-electron chi connectivity index (χ3n) is 4.32. The van der Waals surface area contributed by atoms with E-state index in [1.165, 1.54) is 10.7 Å². The number of carbonyl (C=O) groups is 2. The van der Waals surface area contributed by atoms with Gasteiger partial charge >= 0.3 is 0 Å². The van der Waals surface area contributed by atoms with E-state index in [1.54, 1.807) is 19.1 Å². The maximum atomic E-state index is 14.2. The maximum Gasteiger partial charge on any atom is 0.277 e. The van der Waals surface area contributed by atoms with Gasteiger partial charge in [-0.05, 0) is 32.3 Å². The Bertz CT molecular complexity index is 858. The molecular weight excluding hydrogens is 313 g/mol. The minimum absolute atomic E-state index is 0.0543. The van der Waals surface area contributed by atoms with E-state index in [0.717, 1.165) is 18.5 Å². The van der Waals surface area contributed by atoms with Gasteiger partial charge in [0.1, 0.15) is 5.82 Å². The quantitative estimate of drug-likeness (QED) is 0.821. The van der Waals surface area contributed by atoms with Crippen molar-refractivity contribution >= 4 is 23.1 Å². The van der Waals surface area contributed by atoms with Gasteiger partial charge in [-0.3, -0.25) is 19.7 Å². The molecule has 1 atom stereocenters. The topological polar surface area (TPSA) is 81.1 Å². The van der Waals surface area contributed by atoms with Crippen molar-refractivity contribution in [3.63, 3.8) is 0 Å². The molecule has 24 heavy (non-hydrogen) atoms. The lowest BCUT2D eigenvalue weighted by Gasteiger charge is -2.16. The fourth-order valence-electron chi connectivity index (χ4n) is 2.84. The summed E-state index contributed by atoms with van der Waals surface area (Å²) in [7, 11) is 0. The summed E-state index contributed by atoms with van der Waals surface area (Å²) in [6, 6.07) is 4.21. The van der Waals surface area contributed by atoms with Crippen molar-refractivity contribution in [2.45, 2.75) is 44.6 Å². The van der Waals surface area contributed by atoms with Crippen LogP contribution in [0.5, 0.6) is 0 Å². The predicted molar refractivity (Wildman–Crippen MR) is 86.1 cm³/mol. The third kappa shape index (κ3) is 3.06. The normalized spacial score (nSPS) is 15.2. The predicted octanol–water partition coefficient (Wildman–Crippen LogP) is 2.03. The molecule has 0 bridgehead atoms. The molecule has 1 aliphatic rings. The standard InChI is InChI=1S/C17H18FN3O3/c1-10(5-8-14(23)19-9-22)21-17(24)15-12(3-2-4-13(15)18)16(20-21)11-6-7-11/h2-4,9-11H,5-8H2,1H3,(H,19,22,23). The van der Waals surface area contributed by atoms with Crippen LogP contribution in [-0.2, 0) is 9.59 Å². The summed E-state index contributed by atoms with van der Waals surface area (Å²) in [5, 5.41) is 7.15. The van der Waals surface area contributed by atoms with E-state index in [1.807, 2.05) is 0 Å². The summed E-state index contributed by atoms with van der Waals surface area (Å²) < 4.78 is 15.5. The number of nitrogens with one attached hydrogen (secondary N) is 1. The zero-order valence-electron chi connectivity index (χ0n) is 13.3. The molecule has 126 valence electrons. The van der Waals surface area contributed by atoms with Crippen LogP contribution in [0.4, 0.5) is 4.39 Å². The van der Waals surface area contributed by atoms with Crippen molar-refractivity contribution in [3.8, 4) is 0 Å². The van der Waals surface area contributed by atoms with E-state index < -0.39 is 17.3 Å². The minimum Gasteiger partial charge on any atom is -0.299 e. The van der Waals surface area contributed by atoms with Crippen LogP contribution >= 0.6 is 0 Å². The second-order valence-corrected chi connectivity index (χ2v) is 6.14. The van der Waals surface area contributed by atoms with Gasteiger partial charge in [0.25, 0.3) is 5.56 Å². The smallest absolute Gasteiger partial charge is 0.277 e. The van der Waals surface area contributed by atoms with Crippen molar-refractivity contribution in [1.29, 1.82) is 0 Å². The highest BCUT2D eigenvalue weighted by Crippen LogP contribution is 2.41. The number of amides is 2. The summed E-state index contributed by atoms with van der Waals surface area (Å²) >= 11 is 0. The van der Waals surface area contributed by atoms with Crippen molar-refractivity contribution < 1.29 is 14.0 Å². The van der Waals surface area contributed by atoms with Gasteiger partial charge < -0.3 is 0 Å². The molecule has 0 aliphatic heterocycles. The Kier molecular flexibility index (Phi) is 4.42. The number of hydrogen-bond acceptors (Lipinski definition) is 4. The molecule has 7 heteroatoms. The van der Waals surface area contributed by atoms with Gasteiger partial charge in [0.2, 0.25) is 12.3 Å². The molecule has 1 heterocycles. The fraction of sp³-hybridized carbons (Fsp3) is 0.412. The van der Waals surface area contributed by atoms with Crippen LogP contribution in [0.2, 0.25) is 0 Å². The molecule has 1 aromatic carbocycles. The molecule has 2 aromatic rings. The Morgan fingerprint density at radius 1 is 1.50 bits per heavy atom. The van der Waals surface area contributed by atoms with Gasteiger partial charge in [0.15, 0.2) is 0 Å². The number of hydrogen-bond donors (Lipinski definition) is 1.